The molecule has 1 N–H and O–H groups in total. The van der Waals surface area contributed by atoms with Crippen LogP contribution in [0.3, 0.4) is 0 Å². The number of hydrogen-bond donors (Lipinski definition) is 1. The average molecular weight is 257 g/mol. The summed E-state index contributed by atoms with van der Waals surface area (Å²) >= 11 is 0. The molecule has 0 aliphatic heterocycles. The number of hydrogen-bond acceptors (Lipinski definition) is 3. The third-order valence-electron chi connectivity index (χ3n) is 3.06. The minimum atomic E-state index is -0.173. The van der Waals surface area contributed by atoms with Crippen LogP contribution < -0.4 is 5.32 Å². The zero-order chi connectivity index (χ0) is 13.5. The normalized spacial score (nSPS) is 11.8. The Kier molecular flexibility index (Phi) is 13.2. The summed E-state index contributed by atoms with van der Waals surface area (Å²) in [5.41, 5.74) is 0. The molecule has 1 atom stereocenters. The van der Waals surface area contributed by atoms with Crippen molar-refractivity contribution >= 4 is 12.9 Å². The van der Waals surface area contributed by atoms with Crippen molar-refractivity contribution in [2.75, 3.05) is 6.54 Å². The second-order valence-corrected chi connectivity index (χ2v) is 4.64. The Balaban J connectivity index is 3.36. The number of amides is 1. The summed E-state index contributed by atoms with van der Waals surface area (Å²) in [7, 11) is 0. The van der Waals surface area contributed by atoms with Gasteiger partial charge in [0.1, 0.15) is 6.10 Å². The molecule has 0 spiro atoms. The Labute approximate surface area is 110 Å². The lowest BCUT2D eigenvalue weighted by Gasteiger charge is -2.14. The first-order valence-corrected chi connectivity index (χ1v) is 7.11. The molecule has 0 rings (SSSR count). The zero-order valence-electron chi connectivity index (χ0n) is 11.5. The van der Waals surface area contributed by atoms with E-state index >= 15 is 0 Å². The Hall–Kier alpha value is -1.06. The lowest BCUT2D eigenvalue weighted by molar-refractivity contribution is -0.134. The summed E-state index contributed by atoms with van der Waals surface area (Å²) in [5, 5.41) is 2.54. The number of carbonyl (C=O) groups excluding carboxylic acids is 2. The van der Waals surface area contributed by atoms with E-state index in [4.69, 9.17) is 4.74 Å². The van der Waals surface area contributed by atoms with Crippen molar-refractivity contribution < 1.29 is 14.3 Å². The smallest absolute Gasteiger partial charge is 0.293 e. The molecule has 0 saturated carbocycles. The van der Waals surface area contributed by atoms with E-state index in [2.05, 4.69) is 12.2 Å². The molecule has 0 saturated heterocycles. The van der Waals surface area contributed by atoms with Crippen molar-refractivity contribution in [1.82, 2.24) is 5.32 Å². The third kappa shape index (κ3) is 11.4. The average Bonchev–Trinajstić information content (AvgIpc) is 2.39. The molecular weight excluding hydrogens is 230 g/mol. The Morgan fingerprint density at radius 2 is 1.61 bits per heavy atom. The van der Waals surface area contributed by atoms with Gasteiger partial charge in [0.05, 0.1) is 6.54 Å². The number of ether oxygens (including phenoxy) is 1. The molecule has 0 aromatic heterocycles. The number of carbonyl (C=O) groups is 2. The van der Waals surface area contributed by atoms with Crippen LogP contribution in [0.4, 0.5) is 0 Å². The third-order valence-corrected chi connectivity index (χ3v) is 3.06. The fraction of sp³-hybridized carbons (Fsp3) is 0.857. The van der Waals surface area contributed by atoms with Crippen LogP contribution in [0, 0.1) is 0 Å². The number of nitrogens with one attached hydrogen (secondary N) is 1. The quantitative estimate of drug-likeness (QED) is 0.384. The van der Waals surface area contributed by atoms with Gasteiger partial charge >= 0.3 is 0 Å². The highest BCUT2D eigenvalue weighted by atomic mass is 16.5. The van der Waals surface area contributed by atoms with E-state index < -0.39 is 0 Å². The summed E-state index contributed by atoms with van der Waals surface area (Å²) in [6.07, 6.45) is 11.4. The topological polar surface area (TPSA) is 55.4 Å². The Morgan fingerprint density at radius 1 is 1.00 bits per heavy atom. The van der Waals surface area contributed by atoms with Crippen LogP contribution in [0.25, 0.3) is 0 Å². The van der Waals surface area contributed by atoms with Gasteiger partial charge < -0.3 is 10.1 Å². The highest BCUT2D eigenvalue weighted by Gasteiger charge is 2.07. The molecular formula is C14H27NO3. The minimum absolute atomic E-state index is 0.173. The fourth-order valence-corrected chi connectivity index (χ4v) is 1.98. The highest BCUT2D eigenvalue weighted by molar-refractivity contribution is 5.46. The summed E-state index contributed by atoms with van der Waals surface area (Å²) in [6.45, 7) is 3.10. The van der Waals surface area contributed by atoms with Crippen LogP contribution in [-0.4, -0.2) is 25.5 Å². The maximum Gasteiger partial charge on any atom is 0.293 e. The van der Waals surface area contributed by atoms with Gasteiger partial charge in [-0.05, 0) is 12.8 Å². The molecule has 0 aromatic rings. The highest BCUT2D eigenvalue weighted by Crippen LogP contribution is 2.11. The van der Waals surface area contributed by atoms with Gasteiger partial charge in [0.15, 0.2) is 0 Å². The lowest BCUT2D eigenvalue weighted by atomic mass is 10.1. The molecule has 0 radical (unpaired) electrons. The van der Waals surface area contributed by atoms with Gasteiger partial charge in [0.2, 0.25) is 6.41 Å². The van der Waals surface area contributed by atoms with Crippen LogP contribution in [0.2, 0.25) is 0 Å². The predicted octanol–water partition coefficient (Wildman–Crippen LogP) is 2.80. The first kappa shape index (κ1) is 16.9. The van der Waals surface area contributed by atoms with Crippen molar-refractivity contribution in [3.63, 3.8) is 0 Å². The van der Waals surface area contributed by atoms with E-state index in [0.717, 1.165) is 12.8 Å². The van der Waals surface area contributed by atoms with Gasteiger partial charge in [-0.25, -0.2) is 0 Å². The van der Waals surface area contributed by atoms with Crippen molar-refractivity contribution in [2.24, 2.45) is 0 Å². The van der Waals surface area contributed by atoms with Crippen molar-refractivity contribution in [1.29, 1.82) is 0 Å². The molecule has 1 amide bonds. The van der Waals surface area contributed by atoms with Gasteiger partial charge in [-0.3, -0.25) is 9.59 Å². The second-order valence-electron chi connectivity index (χ2n) is 4.64. The maximum atomic E-state index is 10.3. The zero-order valence-corrected chi connectivity index (χ0v) is 11.5. The lowest BCUT2D eigenvalue weighted by Crippen LogP contribution is -2.28. The number of rotatable bonds is 14. The van der Waals surface area contributed by atoms with Crippen molar-refractivity contribution in [3.8, 4) is 0 Å². The maximum absolute atomic E-state index is 10.3. The van der Waals surface area contributed by atoms with Gasteiger partial charge in [0.25, 0.3) is 6.47 Å². The monoisotopic (exact) mass is 257 g/mol. The predicted molar refractivity (Wildman–Crippen MR) is 72.2 cm³/mol. The molecule has 0 heterocycles. The molecule has 0 aliphatic rings. The van der Waals surface area contributed by atoms with Gasteiger partial charge in [-0.15, -0.1) is 0 Å². The summed E-state index contributed by atoms with van der Waals surface area (Å²) in [5.74, 6) is 0. The molecule has 4 heteroatoms. The second kappa shape index (κ2) is 14.0. The summed E-state index contributed by atoms with van der Waals surface area (Å²) in [4.78, 5) is 20.4. The van der Waals surface area contributed by atoms with Crippen molar-refractivity contribution in [2.45, 2.75) is 70.8 Å². The summed E-state index contributed by atoms with van der Waals surface area (Å²) < 4.78 is 4.90. The van der Waals surface area contributed by atoms with Crippen LogP contribution in [0.5, 0.6) is 0 Å². The van der Waals surface area contributed by atoms with E-state index in [1.165, 1.54) is 44.9 Å². The molecule has 106 valence electrons. The standard InChI is InChI=1S/C14H27NO3/c1-2-3-4-5-6-7-8-9-10-14(18-13-17)11-15-12-16/h12-14H,2-11H2,1H3,(H,15,16). The van der Waals surface area contributed by atoms with E-state index in [1.54, 1.807) is 0 Å². The molecule has 0 aliphatic carbocycles. The summed E-state index contributed by atoms with van der Waals surface area (Å²) in [6, 6.07) is 0. The van der Waals surface area contributed by atoms with E-state index in [-0.39, 0.29) is 6.10 Å². The van der Waals surface area contributed by atoms with E-state index in [9.17, 15) is 9.59 Å². The molecule has 0 fully saturated rings. The van der Waals surface area contributed by atoms with Gasteiger partial charge in [-0.2, -0.15) is 0 Å². The first-order valence-electron chi connectivity index (χ1n) is 7.11. The van der Waals surface area contributed by atoms with Crippen LogP contribution in [0.1, 0.15) is 64.7 Å². The Morgan fingerprint density at radius 3 is 2.17 bits per heavy atom. The van der Waals surface area contributed by atoms with Crippen LogP contribution in [-0.2, 0) is 14.3 Å². The fourth-order valence-electron chi connectivity index (χ4n) is 1.98. The van der Waals surface area contributed by atoms with Crippen LogP contribution in [0.15, 0.2) is 0 Å². The first-order chi connectivity index (χ1) is 8.85. The van der Waals surface area contributed by atoms with Crippen molar-refractivity contribution in [3.05, 3.63) is 0 Å². The largest absolute Gasteiger partial charge is 0.463 e. The molecule has 18 heavy (non-hydrogen) atoms. The molecule has 1 unspecified atom stereocenters. The van der Waals surface area contributed by atoms with Gasteiger partial charge in [0, 0.05) is 0 Å². The molecule has 0 bridgehead atoms. The molecule has 0 aromatic carbocycles. The Bertz CT molecular complexity index is 197. The SMILES string of the molecule is CCCCCCCCCCC(CNC=O)OC=O. The minimum Gasteiger partial charge on any atom is -0.463 e. The van der Waals surface area contributed by atoms with E-state index in [1.807, 2.05) is 0 Å². The molecule has 4 nitrogen and oxygen atoms in total. The van der Waals surface area contributed by atoms with Crippen LogP contribution >= 0.6 is 0 Å². The van der Waals surface area contributed by atoms with Gasteiger partial charge in [-0.1, -0.05) is 51.9 Å². The number of unbranched alkanes of at least 4 members (excludes halogenated alkanes) is 7. The van der Waals surface area contributed by atoms with E-state index in [0.29, 0.717) is 19.4 Å².